The third-order valence-corrected chi connectivity index (χ3v) is 11.8. The number of nitrogens with zero attached hydrogens (tertiary/aromatic N) is 2. The van der Waals surface area contributed by atoms with Gasteiger partial charge in [-0.1, -0.05) is 121 Å². The fraction of sp³-hybridized carbons (Fsp3) is 0.0426. The first-order valence-corrected chi connectivity index (χ1v) is 18.3. The molecule has 0 spiro atoms. The van der Waals surface area contributed by atoms with Crippen LogP contribution >= 0.6 is 11.3 Å². The monoisotopic (exact) mass is 670 g/mol. The second-order valence-electron chi connectivity index (χ2n) is 13.5. The molecule has 4 heteroatoms. The molecule has 1 aliphatic carbocycles. The average Bonchev–Trinajstić information content (AvgIpc) is 3.90. The van der Waals surface area contributed by atoms with E-state index >= 15 is 0 Å². The molecule has 0 saturated carbocycles. The highest BCUT2D eigenvalue weighted by atomic mass is 32.1. The van der Waals surface area contributed by atoms with Gasteiger partial charge in [-0.25, -0.2) is 4.98 Å². The van der Waals surface area contributed by atoms with Crippen LogP contribution in [-0.2, 0) is 0 Å². The van der Waals surface area contributed by atoms with Crippen molar-refractivity contribution in [1.29, 1.82) is 0 Å². The standard InChI is InChI=1S/C47H30N2OS/c1-3-11-29(12-4-1)32-21-25-41-38(27-32)39-28-37(30-13-5-2-6-14-30)34-15-7-8-16-35(34)45(39)49(41)33-22-19-31(20-23-33)47-48-40-24-26-43-44(46(40)51-47)36-17-9-10-18-42(36)50-43/h1-28,38,41H. The zero-order chi connectivity index (χ0) is 33.5. The second kappa shape index (κ2) is 11.1. The maximum Gasteiger partial charge on any atom is 0.137 e. The molecule has 0 saturated heterocycles. The first-order valence-electron chi connectivity index (χ1n) is 17.5. The summed E-state index contributed by atoms with van der Waals surface area (Å²) in [4.78, 5) is 7.67. The summed E-state index contributed by atoms with van der Waals surface area (Å²) in [5.41, 5.74) is 12.8. The molecule has 0 radical (unpaired) electrons. The fourth-order valence-corrected chi connectivity index (χ4v) is 9.43. The van der Waals surface area contributed by atoms with Gasteiger partial charge in [-0.05, 0) is 81.7 Å². The smallest absolute Gasteiger partial charge is 0.137 e. The highest BCUT2D eigenvalue weighted by Gasteiger charge is 2.40. The van der Waals surface area contributed by atoms with E-state index in [0.717, 1.165) is 38.0 Å². The van der Waals surface area contributed by atoms with Crippen LogP contribution in [0.2, 0.25) is 0 Å². The Morgan fingerprint density at radius 2 is 1.31 bits per heavy atom. The van der Waals surface area contributed by atoms with Crippen molar-refractivity contribution in [3.8, 4) is 21.7 Å². The number of rotatable bonds is 4. The van der Waals surface area contributed by atoms with Crippen LogP contribution in [0.5, 0.6) is 0 Å². The van der Waals surface area contributed by atoms with E-state index in [2.05, 4.69) is 157 Å². The van der Waals surface area contributed by atoms with Crippen LogP contribution in [0.3, 0.4) is 0 Å². The van der Waals surface area contributed by atoms with Gasteiger partial charge in [0.25, 0.3) is 0 Å². The number of hydrogen-bond donors (Lipinski definition) is 0. The van der Waals surface area contributed by atoms with Crippen LogP contribution < -0.4 is 4.90 Å². The van der Waals surface area contributed by atoms with Crippen LogP contribution in [0.4, 0.5) is 11.4 Å². The molecule has 240 valence electrons. The van der Waals surface area contributed by atoms with E-state index in [1.54, 1.807) is 11.3 Å². The van der Waals surface area contributed by atoms with Gasteiger partial charge in [0.2, 0.25) is 0 Å². The number of furan rings is 1. The minimum Gasteiger partial charge on any atom is -0.456 e. The molecule has 0 fully saturated rings. The number of fused-ring (bicyclic) bond motifs is 10. The van der Waals surface area contributed by atoms with Gasteiger partial charge in [-0.2, -0.15) is 0 Å². The van der Waals surface area contributed by atoms with Crippen molar-refractivity contribution in [1.82, 2.24) is 4.98 Å². The Labute approximate surface area is 299 Å². The molecule has 0 N–H and O–H groups in total. The third-order valence-electron chi connectivity index (χ3n) is 10.6. The minimum absolute atomic E-state index is 0.151. The molecule has 3 heterocycles. The van der Waals surface area contributed by atoms with E-state index in [-0.39, 0.29) is 12.0 Å². The lowest BCUT2D eigenvalue weighted by Gasteiger charge is -2.30. The van der Waals surface area contributed by atoms with Gasteiger partial charge in [-0.15, -0.1) is 11.3 Å². The number of allylic oxidation sites excluding steroid dienone is 2. The quantitative estimate of drug-likeness (QED) is 0.187. The van der Waals surface area contributed by atoms with Crippen molar-refractivity contribution in [3.05, 3.63) is 181 Å². The van der Waals surface area contributed by atoms with E-state index < -0.39 is 0 Å². The summed E-state index contributed by atoms with van der Waals surface area (Å²) < 4.78 is 7.35. The Morgan fingerprint density at radius 3 is 2.12 bits per heavy atom. The third kappa shape index (κ3) is 4.40. The summed E-state index contributed by atoms with van der Waals surface area (Å²) in [7, 11) is 0. The van der Waals surface area contributed by atoms with Crippen molar-refractivity contribution in [2.24, 2.45) is 0 Å². The molecular weight excluding hydrogens is 641 g/mol. The van der Waals surface area contributed by atoms with E-state index in [0.29, 0.717) is 0 Å². The summed E-state index contributed by atoms with van der Waals surface area (Å²) in [6, 6.07) is 54.5. The van der Waals surface area contributed by atoms with Crippen LogP contribution in [0.25, 0.3) is 70.2 Å². The highest BCUT2D eigenvalue weighted by Crippen LogP contribution is 2.54. The van der Waals surface area contributed by atoms with E-state index in [9.17, 15) is 0 Å². The molecule has 2 aromatic heterocycles. The molecule has 2 unspecified atom stereocenters. The van der Waals surface area contributed by atoms with E-state index in [4.69, 9.17) is 9.40 Å². The largest absolute Gasteiger partial charge is 0.456 e. The number of benzene rings is 7. The number of hydrogen-bond acceptors (Lipinski definition) is 4. The molecule has 9 aromatic rings. The summed E-state index contributed by atoms with van der Waals surface area (Å²) in [6.45, 7) is 0. The topological polar surface area (TPSA) is 29.3 Å². The number of para-hydroxylation sites is 1. The predicted molar refractivity (Wildman–Crippen MR) is 214 cm³/mol. The zero-order valence-corrected chi connectivity index (χ0v) is 28.3. The Bertz CT molecular complexity index is 2860. The lowest BCUT2D eigenvalue weighted by molar-refractivity contribution is 0.669. The van der Waals surface area contributed by atoms with Gasteiger partial charge < -0.3 is 9.32 Å². The lowest BCUT2D eigenvalue weighted by atomic mass is 9.84. The number of anilines is 2. The van der Waals surface area contributed by atoms with Gasteiger partial charge in [-0.3, -0.25) is 0 Å². The minimum atomic E-state index is 0.151. The molecule has 0 bridgehead atoms. The fourth-order valence-electron chi connectivity index (χ4n) is 8.31. The Balaban J connectivity index is 1.06. The molecule has 0 amide bonds. The van der Waals surface area contributed by atoms with Crippen molar-refractivity contribution in [3.63, 3.8) is 0 Å². The Morgan fingerprint density at radius 1 is 0.608 bits per heavy atom. The molecule has 2 aliphatic rings. The highest BCUT2D eigenvalue weighted by molar-refractivity contribution is 7.22. The van der Waals surface area contributed by atoms with Gasteiger partial charge in [0, 0.05) is 33.3 Å². The predicted octanol–water partition coefficient (Wildman–Crippen LogP) is 12.9. The molecule has 2 atom stereocenters. The van der Waals surface area contributed by atoms with Crippen LogP contribution in [-0.4, -0.2) is 11.0 Å². The molecule has 3 nitrogen and oxygen atoms in total. The molecule has 1 aliphatic heterocycles. The van der Waals surface area contributed by atoms with Crippen LogP contribution in [0.1, 0.15) is 17.0 Å². The summed E-state index contributed by atoms with van der Waals surface area (Å²) in [5, 5.41) is 5.85. The summed E-state index contributed by atoms with van der Waals surface area (Å²) in [5.74, 6) is 0.198. The second-order valence-corrected chi connectivity index (χ2v) is 14.5. The van der Waals surface area contributed by atoms with Crippen molar-refractivity contribution < 1.29 is 4.42 Å². The van der Waals surface area contributed by atoms with Crippen molar-refractivity contribution >= 4 is 71.2 Å². The molecular formula is C47H30N2OS. The Hall–Kier alpha value is -6.23. The van der Waals surface area contributed by atoms with Gasteiger partial charge >= 0.3 is 0 Å². The van der Waals surface area contributed by atoms with E-state index in [1.807, 2.05) is 18.2 Å². The molecule has 7 aromatic carbocycles. The average molecular weight is 671 g/mol. The lowest BCUT2D eigenvalue weighted by Crippen LogP contribution is -2.29. The first-order chi connectivity index (χ1) is 25.3. The maximum atomic E-state index is 6.18. The zero-order valence-electron chi connectivity index (χ0n) is 27.5. The number of aromatic nitrogens is 1. The van der Waals surface area contributed by atoms with Crippen LogP contribution in [0.15, 0.2) is 174 Å². The summed E-state index contributed by atoms with van der Waals surface area (Å²) in [6.07, 6.45) is 7.20. The van der Waals surface area contributed by atoms with E-state index in [1.165, 1.54) is 54.7 Å². The summed E-state index contributed by atoms with van der Waals surface area (Å²) >= 11 is 1.74. The van der Waals surface area contributed by atoms with Crippen molar-refractivity contribution in [2.45, 2.75) is 12.0 Å². The molecule has 51 heavy (non-hydrogen) atoms. The van der Waals surface area contributed by atoms with Crippen LogP contribution in [0, 0.1) is 0 Å². The van der Waals surface area contributed by atoms with Crippen molar-refractivity contribution in [2.75, 3.05) is 4.90 Å². The van der Waals surface area contributed by atoms with Gasteiger partial charge in [0.15, 0.2) is 0 Å². The Kier molecular flexibility index (Phi) is 6.25. The maximum absolute atomic E-state index is 6.18. The van der Waals surface area contributed by atoms with Gasteiger partial charge in [0.05, 0.1) is 21.9 Å². The molecule has 11 rings (SSSR count). The normalized spacial score (nSPS) is 16.6. The van der Waals surface area contributed by atoms with Gasteiger partial charge in [0.1, 0.15) is 16.2 Å². The number of thiazole rings is 1. The SMILES string of the molecule is C1=CC2C(C=C1c1ccccc1)c1cc(-c3ccccc3)c3ccccc3c1N2c1ccc(-c2nc3ccc4oc5ccccc5c4c3s2)cc1. The first kappa shape index (κ1) is 28.6.